The number of H-pyrrole nitrogens is 1. The predicted octanol–water partition coefficient (Wildman–Crippen LogP) is 3.55. The molecule has 0 aliphatic carbocycles. The largest absolute Gasteiger partial charge is 0.464 e. The fourth-order valence-corrected chi connectivity index (χ4v) is 4.10. The summed E-state index contributed by atoms with van der Waals surface area (Å²) < 4.78 is 18.1. The number of hydrogen-bond acceptors (Lipinski definition) is 5. The zero-order chi connectivity index (χ0) is 22.8. The first-order chi connectivity index (χ1) is 15.4. The Morgan fingerprint density at radius 2 is 1.78 bits per heavy atom. The topological polar surface area (TPSA) is 77.7 Å². The number of fused-ring (bicyclic) bond motifs is 1. The monoisotopic (exact) mass is 438 g/mol. The van der Waals surface area contributed by atoms with Gasteiger partial charge in [0.05, 0.1) is 18.8 Å². The van der Waals surface area contributed by atoms with E-state index in [0.29, 0.717) is 18.8 Å². The van der Waals surface area contributed by atoms with Gasteiger partial charge in [0, 0.05) is 42.8 Å². The summed E-state index contributed by atoms with van der Waals surface area (Å²) in [6.45, 7) is 6.69. The summed E-state index contributed by atoms with van der Waals surface area (Å²) in [6.07, 6.45) is 0. The van der Waals surface area contributed by atoms with Crippen LogP contribution >= 0.6 is 0 Å². The Kier molecular flexibility index (Phi) is 6.14. The average molecular weight is 439 g/mol. The van der Waals surface area contributed by atoms with Crippen LogP contribution in [0.3, 0.4) is 0 Å². The number of benzene rings is 2. The van der Waals surface area contributed by atoms with Crippen molar-refractivity contribution >= 4 is 34.2 Å². The molecule has 1 amide bonds. The second-order valence-corrected chi connectivity index (χ2v) is 8.08. The number of ether oxygens (including phenoxy) is 1. The molecule has 2 aromatic carbocycles. The highest BCUT2D eigenvalue weighted by molar-refractivity contribution is 6.11. The SMILES string of the molecule is COC(=O)c1[nH]c2ccc(C)cc2c1NC(=O)[C@H](C)N1CCN(c2ccc(F)cc2)CC1. The number of halogens is 1. The second-order valence-electron chi connectivity index (χ2n) is 8.08. The van der Waals surface area contributed by atoms with Crippen LogP contribution in [0, 0.1) is 12.7 Å². The molecule has 32 heavy (non-hydrogen) atoms. The highest BCUT2D eigenvalue weighted by Crippen LogP contribution is 2.30. The molecule has 1 aliphatic heterocycles. The van der Waals surface area contributed by atoms with E-state index in [1.807, 2.05) is 32.0 Å². The van der Waals surface area contributed by atoms with Crippen LogP contribution in [0.15, 0.2) is 42.5 Å². The molecule has 0 radical (unpaired) electrons. The smallest absolute Gasteiger partial charge is 0.356 e. The Hall–Kier alpha value is -3.39. The predicted molar refractivity (Wildman–Crippen MR) is 123 cm³/mol. The fraction of sp³-hybridized carbons (Fsp3) is 0.333. The molecule has 0 spiro atoms. The van der Waals surface area contributed by atoms with Crippen LogP contribution in [0.5, 0.6) is 0 Å². The van der Waals surface area contributed by atoms with Crippen LogP contribution in [-0.2, 0) is 9.53 Å². The minimum absolute atomic E-state index is 0.187. The van der Waals surface area contributed by atoms with Crippen molar-refractivity contribution < 1.29 is 18.7 Å². The van der Waals surface area contributed by atoms with Crippen LogP contribution in [-0.4, -0.2) is 61.1 Å². The molecule has 0 unspecified atom stereocenters. The molecule has 2 heterocycles. The van der Waals surface area contributed by atoms with Crippen LogP contribution in [0.1, 0.15) is 23.0 Å². The van der Waals surface area contributed by atoms with E-state index in [1.54, 1.807) is 12.1 Å². The van der Waals surface area contributed by atoms with Crippen molar-refractivity contribution in [3.63, 3.8) is 0 Å². The number of nitrogens with zero attached hydrogens (tertiary/aromatic N) is 2. The quantitative estimate of drug-likeness (QED) is 0.596. The van der Waals surface area contributed by atoms with Gasteiger partial charge in [-0.3, -0.25) is 9.69 Å². The van der Waals surface area contributed by atoms with Crippen molar-refractivity contribution in [2.75, 3.05) is 43.5 Å². The van der Waals surface area contributed by atoms with Crippen LogP contribution in [0.2, 0.25) is 0 Å². The highest BCUT2D eigenvalue weighted by Gasteiger charge is 2.28. The zero-order valence-electron chi connectivity index (χ0n) is 18.4. The Morgan fingerprint density at radius 1 is 1.09 bits per heavy atom. The van der Waals surface area contributed by atoms with Gasteiger partial charge in [0.1, 0.15) is 11.5 Å². The summed E-state index contributed by atoms with van der Waals surface area (Å²) in [4.78, 5) is 32.7. The summed E-state index contributed by atoms with van der Waals surface area (Å²) in [5.41, 5.74) is 3.42. The third-order valence-corrected chi connectivity index (χ3v) is 6.02. The van der Waals surface area contributed by atoms with Gasteiger partial charge in [-0.2, -0.15) is 0 Å². The van der Waals surface area contributed by atoms with E-state index >= 15 is 0 Å². The lowest BCUT2D eigenvalue weighted by atomic mass is 10.1. The maximum Gasteiger partial charge on any atom is 0.356 e. The standard InChI is InChI=1S/C24H27FN4O3/c1-15-4-9-20-19(14-15)21(22(26-20)24(31)32-3)27-23(30)16(2)28-10-12-29(13-11-28)18-7-5-17(25)6-8-18/h4-9,14,16,26H,10-13H2,1-3H3,(H,27,30)/t16-/m0/s1. The van der Waals surface area contributed by atoms with Gasteiger partial charge in [-0.15, -0.1) is 0 Å². The molecule has 1 fully saturated rings. The van der Waals surface area contributed by atoms with Gasteiger partial charge in [-0.25, -0.2) is 9.18 Å². The lowest BCUT2D eigenvalue weighted by molar-refractivity contribution is -0.120. The van der Waals surface area contributed by atoms with Gasteiger partial charge in [0.15, 0.2) is 0 Å². The lowest BCUT2D eigenvalue weighted by Gasteiger charge is -2.38. The van der Waals surface area contributed by atoms with Crippen molar-refractivity contribution in [3.05, 3.63) is 59.5 Å². The minimum Gasteiger partial charge on any atom is -0.464 e. The van der Waals surface area contributed by atoms with Gasteiger partial charge in [-0.1, -0.05) is 11.6 Å². The number of methoxy groups -OCH3 is 1. The van der Waals surface area contributed by atoms with E-state index < -0.39 is 5.97 Å². The number of aromatic nitrogens is 1. The van der Waals surface area contributed by atoms with Crippen molar-refractivity contribution in [1.82, 2.24) is 9.88 Å². The first kappa shape index (κ1) is 21.8. The molecule has 1 aromatic heterocycles. The number of anilines is 2. The molecule has 3 aromatic rings. The van der Waals surface area contributed by atoms with Gasteiger partial charge in [0.25, 0.3) is 0 Å². The van der Waals surface area contributed by atoms with E-state index in [0.717, 1.165) is 35.2 Å². The number of esters is 1. The maximum absolute atomic E-state index is 13.2. The van der Waals surface area contributed by atoms with Crippen LogP contribution in [0.25, 0.3) is 10.9 Å². The molecule has 0 saturated carbocycles. The van der Waals surface area contributed by atoms with Gasteiger partial charge >= 0.3 is 5.97 Å². The molecule has 4 rings (SSSR count). The number of piperazine rings is 1. The number of carbonyl (C=O) groups excluding carboxylic acids is 2. The molecular weight excluding hydrogens is 411 g/mol. The van der Waals surface area contributed by atoms with Crippen LogP contribution < -0.4 is 10.2 Å². The van der Waals surface area contributed by atoms with Crippen molar-refractivity contribution in [1.29, 1.82) is 0 Å². The fourth-order valence-electron chi connectivity index (χ4n) is 4.10. The molecule has 2 N–H and O–H groups in total. The molecule has 8 heteroatoms. The third kappa shape index (κ3) is 4.31. The van der Waals surface area contributed by atoms with Crippen molar-refractivity contribution in [2.45, 2.75) is 19.9 Å². The van der Waals surface area contributed by atoms with E-state index in [2.05, 4.69) is 20.1 Å². The summed E-state index contributed by atoms with van der Waals surface area (Å²) in [5, 5.41) is 3.72. The van der Waals surface area contributed by atoms with Gasteiger partial charge in [-0.05, 0) is 50.2 Å². The maximum atomic E-state index is 13.2. The zero-order valence-corrected chi connectivity index (χ0v) is 18.4. The summed E-state index contributed by atoms with van der Waals surface area (Å²) in [6, 6.07) is 11.8. The van der Waals surface area contributed by atoms with Crippen LogP contribution in [0.4, 0.5) is 15.8 Å². The number of rotatable bonds is 5. The summed E-state index contributed by atoms with van der Waals surface area (Å²) >= 11 is 0. The number of carbonyl (C=O) groups is 2. The number of aryl methyl sites for hydroxylation is 1. The van der Waals surface area contributed by atoms with E-state index in [-0.39, 0.29) is 23.5 Å². The van der Waals surface area contributed by atoms with Crippen molar-refractivity contribution in [2.24, 2.45) is 0 Å². The summed E-state index contributed by atoms with van der Waals surface area (Å²) in [7, 11) is 1.31. The Labute approximate surface area is 186 Å². The van der Waals surface area contributed by atoms with Crippen molar-refractivity contribution in [3.8, 4) is 0 Å². The second kappa shape index (κ2) is 9.00. The lowest BCUT2D eigenvalue weighted by Crippen LogP contribution is -2.52. The van der Waals surface area contributed by atoms with E-state index in [9.17, 15) is 14.0 Å². The minimum atomic E-state index is -0.533. The highest BCUT2D eigenvalue weighted by atomic mass is 19.1. The molecule has 1 saturated heterocycles. The van der Waals surface area contributed by atoms with Gasteiger partial charge in [0.2, 0.25) is 5.91 Å². The molecule has 7 nitrogen and oxygen atoms in total. The van der Waals surface area contributed by atoms with E-state index in [4.69, 9.17) is 4.74 Å². The average Bonchev–Trinajstić information content (AvgIpc) is 3.16. The number of nitrogens with one attached hydrogen (secondary N) is 2. The Bertz CT molecular complexity index is 1130. The first-order valence-electron chi connectivity index (χ1n) is 10.6. The molecule has 1 aliphatic rings. The molecule has 0 bridgehead atoms. The molecule has 1 atom stereocenters. The first-order valence-corrected chi connectivity index (χ1v) is 10.6. The normalized spacial score (nSPS) is 15.6. The Morgan fingerprint density at radius 3 is 2.44 bits per heavy atom. The van der Waals surface area contributed by atoms with E-state index in [1.165, 1.54) is 19.2 Å². The number of amides is 1. The molecule has 168 valence electrons. The Balaban J connectivity index is 1.47. The summed E-state index contributed by atoms with van der Waals surface area (Å²) in [5.74, 6) is -0.973. The number of hydrogen-bond donors (Lipinski definition) is 2. The third-order valence-electron chi connectivity index (χ3n) is 6.02. The number of aromatic amines is 1. The molecular formula is C24H27FN4O3. The van der Waals surface area contributed by atoms with Gasteiger partial charge < -0.3 is 19.9 Å².